The highest BCUT2D eigenvalue weighted by atomic mass is 15.1. The molecule has 11 aromatic rings. The van der Waals surface area contributed by atoms with Crippen molar-refractivity contribution in [1.82, 2.24) is 4.57 Å². The first-order chi connectivity index (χ1) is 27.8. The third-order valence-corrected chi connectivity index (χ3v) is 11.3. The number of benzene rings is 10. The summed E-state index contributed by atoms with van der Waals surface area (Å²) in [6, 6.07) is 79.5. The first-order valence-corrected chi connectivity index (χ1v) is 19.3. The molecule has 0 atom stereocenters. The Labute approximate surface area is 325 Å². The van der Waals surface area contributed by atoms with Crippen LogP contribution in [0.4, 0.5) is 17.1 Å². The molecule has 1 heterocycles. The van der Waals surface area contributed by atoms with E-state index in [9.17, 15) is 0 Å². The number of nitrogens with zero attached hydrogens (tertiary/aromatic N) is 2. The van der Waals surface area contributed by atoms with Gasteiger partial charge in [0.15, 0.2) is 0 Å². The monoisotopic (exact) mass is 712 g/mol. The maximum absolute atomic E-state index is 2.40. The van der Waals surface area contributed by atoms with Gasteiger partial charge in [-0.2, -0.15) is 0 Å². The number of rotatable bonds is 6. The molecule has 2 heteroatoms. The summed E-state index contributed by atoms with van der Waals surface area (Å²) in [5.74, 6) is 0. The minimum atomic E-state index is 1.09. The van der Waals surface area contributed by atoms with Crippen LogP contribution in [0.3, 0.4) is 0 Å². The molecule has 262 valence electrons. The van der Waals surface area contributed by atoms with Gasteiger partial charge in [0.25, 0.3) is 0 Å². The van der Waals surface area contributed by atoms with E-state index in [1.807, 2.05) is 0 Å². The molecule has 0 saturated heterocycles. The van der Waals surface area contributed by atoms with Crippen LogP contribution < -0.4 is 4.90 Å². The largest absolute Gasteiger partial charge is 0.310 e. The molecule has 0 spiro atoms. The number of hydrogen-bond acceptors (Lipinski definition) is 1. The van der Waals surface area contributed by atoms with Crippen LogP contribution in [0.25, 0.3) is 82.1 Å². The predicted molar refractivity (Wildman–Crippen MR) is 239 cm³/mol. The second-order valence-corrected chi connectivity index (χ2v) is 14.5. The van der Waals surface area contributed by atoms with Crippen molar-refractivity contribution in [1.29, 1.82) is 0 Å². The molecule has 0 fully saturated rings. The molecule has 0 bridgehead atoms. The highest BCUT2D eigenvalue weighted by molar-refractivity contribution is 6.23. The van der Waals surface area contributed by atoms with Crippen LogP contribution in [0, 0.1) is 0 Å². The third kappa shape index (κ3) is 5.26. The summed E-state index contributed by atoms with van der Waals surface area (Å²) in [6.45, 7) is 0. The minimum Gasteiger partial charge on any atom is -0.310 e. The van der Waals surface area contributed by atoms with E-state index >= 15 is 0 Å². The van der Waals surface area contributed by atoms with E-state index in [2.05, 4.69) is 228 Å². The Kier molecular flexibility index (Phi) is 7.53. The molecular weight excluding hydrogens is 677 g/mol. The second-order valence-electron chi connectivity index (χ2n) is 14.5. The molecule has 10 aromatic carbocycles. The van der Waals surface area contributed by atoms with Gasteiger partial charge in [0.05, 0.1) is 11.0 Å². The molecule has 2 nitrogen and oxygen atoms in total. The van der Waals surface area contributed by atoms with E-state index in [1.54, 1.807) is 0 Å². The standard InChI is InChI=1S/C54H36N2/c1-3-14-37(15-4-1)40-17-13-20-44(34-40)55(45-32-33-49-48-23-11-12-25-52(48)56(53(49)36-45)42-18-5-2-6-19-42)43-30-28-39(29-31-43)51-35-41-27-26-38-16-7-8-21-46(38)54(41)50-24-10-9-22-47(50)51/h1-36H. The van der Waals surface area contributed by atoms with Crippen molar-refractivity contribution < 1.29 is 0 Å². The highest BCUT2D eigenvalue weighted by Gasteiger charge is 2.19. The van der Waals surface area contributed by atoms with E-state index in [0.717, 1.165) is 22.7 Å². The van der Waals surface area contributed by atoms with Crippen LogP contribution in [-0.4, -0.2) is 4.57 Å². The van der Waals surface area contributed by atoms with Crippen molar-refractivity contribution in [2.45, 2.75) is 0 Å². The third-order valence-electron chi connectivity index (χ3n) is 11.3. The number of fused-ring (bicyclic) bond motifs is 8. The van der Waals surface area contributed by atoms with E-state index in [4.69, 9.17) is 0 Å². The summed E-state index contributed by atoms with van der Waals surface area (Å²) in [5.41, 5.74) is 11.6. The van der Waals surface area contributed by atoms with Crippen molar-refractivity contribution in [3.05, 3.63) is 218 Å². The van der Waals surface area contributed by atoms with Crippen molar-refractivity contribution in [3.63, 3.8) is 0 Å². The fourth-order valence-electron chi connectivity index (χ4n) is 8.76. The van der Waals surface area contributed by atoms with Gasteiger partial charge >= 0.3 is 0 Å². The maximum Gasteiger partial charge on any atom is 0.0561 e. The Morgan fingerprint density at radius 3 is 1.73 bits per heavy atom. The van der Waals surface area contributed by atoms with Crippen LogP contribution in [0.15, 0.2) is 218 Å². The van der Waals surface area contributed by atoms with Crippen molar-refractivity contribution in [3.8, 4) is 27.9 Å². The summed E-state index contributed by atoms with van der Waals surface area (Å²) in [7, 11) is 0. The molecule has 0 radical (unpaired) electrons. The first kappa shape index (κ1) is 32.0. The topological polar surface area (TPSA) is 8.17 Å². The van der Waals surface area contributed by atoms with Gasteiger partial charge in [0, 0.05) is 33.5 Å². The van der Waals surface area contributed by atoms with Crippen molar-refractivity contribution in [2.75, 3.05) is 4.90 Å². The zero-order chi connectivity index (χ0) is 37.0. The van der Waals surface area contributed by atoms with Gasteiger partial charge in [-0.15, -0.1) is 0 Å². The second kappa shape index (κ2) is 13.2. The number of aromatic nitrogens is 1. The molecular formula is C54H36N2. The van der Waals surface area contributed by atoms with E-state index in [0.29, 0.717) is 0 Å². The lowest BCUT2D eigenvalue weighted by atomic mass is 9.90. The fourth-order valence-corrected chi connectivity index (χ4v) is 8.76. The minimum absolute atomic E-state index is 1.09. The number of anilines is 3. The Morgan fingerprint density at radius 2 is 0.911 bits per heavy atom. The number of para-hydroxylation sites is 2. The van der Waals surface area contributed by atoms with Gasteiger partial charge in [0.1, 0.15) is 0 Å². The Morgan fingerprint density at radius 1 is 0.304 bits per heavy atom. The van der Waals surface area contributed by atoms with Gasteiger partial charge in [-0.3, -0.25) is 0 Å². The zero-order valence-corrected chi connectivity index (χ0v) is 30.7. The SMILES string of the molecule is c1ccc(-c2cccc(N(c3ccc(-c4cc5ccc6ccccc6c5c5ccccc45)cc3)c3ccc4c5ccccc5n(-c5ccccc5)c4c3)c2)cc1. The lowest BCUT2D eigenvalue weighted by molar-refractivity contribution is 1.18. The summed E-state index contributed by atoms with van der Waals surface area (Å²) in [6.07, 6.45) is 0. The average molecular weight is 713 g/mol. The molecule has 0 aliphatic carbocycles. The molecule has 0 aliphatic heterocycles. The van der Waals surface area contributed by atoms with Gasteiger partial charge in [0.2, 0.25) is 0 Å². The fraction of sp³-hybridized carbons (Fsp3) is 0. The smallest absolute Gasteiger partial charge is 0.0561 e. The predicted octanol–water partition coefficient (Wildman–Crippen LogP) is 15.0. The molecule has 0 N–H and O–H groups in total. The van der Waals surface area contributed by atoms with Gasteiger partial charge in [-0.1, -0.05) is 158 Å². The average Bonchev–Trinajstić information content (AvgIpc) is 3.60. The Balaban J connectivity index is 1.10. The quantitative estimate of drug-likeness (QED) is 0.156. The van der Waals surface area contributed by atoms with Gasteiger partial charge < -0.3 is 9.47 Å². The number of hydrogen-bond donors (Lipinski definition) is 0. The van der Waals surface area contributed by atoms with Crippen LogP contribution in [0.5, 0.6) is 0 Å². The molecule has 0 amide bonds. The lowest BCUT2D eigenvalue weighted by Crippen LogP contribution is -2.10. The Hall–Kier alpha value is -7.42. The van der Waals surface area contributed by atoms with Crippen molar-refractivity contribution in [2.24, 2.45) is 0 Å². The van der Waals surface area contributed by atoms with Crippen LogP contribution >= 0.6 is 0 Å². The van der Waals surface area contributed by atoms with E-state index in [-0.39, 0.29) is 0 Å². The van der Waals surface area contributed by atoms with Crippen LogP contribution in [0.2, 0.25) is 0 Å². The molecule has 1 aromatic heterocycles. The van der Waals surface area contributed by atoms with E-state index < -0.39 is 0 Å². The first-order valence-electron chi connectivity index (χ1n) is 19.3. The molecule has 56 heavy (non-hydrogen) atoms. The molecule has 0 aliphatic rings. The normalized spacial score (nSPS) is 11.6. The molecule has 11 rings (SSSR count). The maximum atomic E-state index is 2.40. The summed E-state index contributed by atoms with van der Waals surface area (Å²) >= 11 is 0. The van der Waals surface area contributed by atoms with Crippen LogP contribution in [-0.2, 0) is 0 Å². The van der Waals surface area contributed by atoms with Gasteiger partial charge in [-0.05, 0) is 115 Å². The lowest BCUT2D eigenvalue weighted by Gasteiger charge is -2.26. The molecule has 0 saturated carbocycles. The highest BCUT2D eigenvalue weighted by Crippen LogP contribution is 2.43. The summed E-state index contributed by atoms with van der Waals surface area (Å²) < 4.78 is 2.39. The van der Waals surface area contributed by atoms with Crippen molar-refractivity contribution >= 4 is 71.2 Å². The zero-order valence-electron chi connectivity index (χ0n) is 30.7. The van der Waals surface area contributed by atoms with E-state index in [1.165, 1.54) is 76.4 Å². The Bertz CT molecular complexity index is 3230. The van der Waals surface area contributed by atoms with Crippen LogP contribution in [0.1, 0.15) is 0 Å². The summed E-state index contributed by atoms with van der Waals surface area (Å²) in [5, 5.41) is 10.1. The van der Waals surface area contributed by atoms with Gasteiger partial charge in [-0.25, -0.2) is 0 Å². The summed E-state index contributed by atoms with van der Waals surface area (Å²) in [4.78, 5) is 2.40. The molecule has 0 unspecified atom stereocenters.